The van der Waals surface area contributed by atoms with Crippen molar-refractivity contribution in [3.8, 4) is 0 Å². The number of aromatic nitrogens is 3. The van der Waals surface area contributed by atoms with Gasteiger partial charge in [-0.25, -0.2) is 9.97 Å². The summed E-state index contributed by atoms with van der Waals surface area (Å²) < 4.78 is 2.07. The zero-order valence-electron chi connectivity index (χ0n) is 8.94. The monoisotopic (exact) mass is 202 g/mol. The molecule has 0 aliphatic heterocycles. The molecule has 0 fully saturated rings. The Kier molecular flexibility index (Phi) is 2.41. The van der Waals surface area contributed by atoms with E-state index < -0.39 is 0 Å². The molecule has 2 N–H and O–H groups in total. The van der Waals surface area contributed by atoms with E-state index in [1.54, 1.807) is 6.07 Å². The Morgan fingerprint density at radius 3 is 2.73 bits per heavy atom. The standard InChI is InChI=1S/C11H14N4/c1-8-9(2)15(7-13-8)6-10-4-3-5-11(12)14-10/h3-5,7H,6H2,1-2H3,(H2,12,14). The number of nitrogens with two attached hydrogens (primary N) is 1. The fourth-order valence-electron chi connectivity index (χ4n) is 1.46. The molecule has 0 aliphatic rings. The Morgan fingerprint density at radius 1 is 1.33 bits per heavy atom. The fraction of sp³-hybridized carbons (Fsp3) is 0.273. The van der Waals surface area contributed by atoms with Gasteiger partial charge < -0.3 is 10.3 Å². The molecule has 0 saturated carbocycles. The van der Waals surface area contributed by atoms with Crippen molar-refractivity contribution in [3.05, 3.63) is 41.6 Å². The van der Waals surface area contributed by atoms with Crippen LogP contribution in [0.1, 0.15) is 17.1 Å². The smallest absolute Gasteiger partial charge is 0.123 e. The molecule has 2 rings (SSSR count). The van der Waals surface area contributed by atoms with Crippen molar-refractivity contribution in [2.75, 3.05) is 5.73 Å². The maximum Gasteiger partial charge on any atom is 0.123 e. The van der Waals surface area contributed by atoms with Crippen LogP contribution in [0.15, 0.2) is 24.5 Å². The van der Waals surface area contributed by atoms with Gasteiger partial charge in [-0.3, -0.25) is 0 Å². The molecular formula is C11H14N4. The van der Waals surface area contributed by atoms with Gasteiger partial charge in [0.15, 0.2) is 0 Å². The largest absolute Gasteiger partial charge is 0.384 e. The highest BCUT2D eigenvalue weighted by molar-refractivity contribution is 5.29. The van der Waals surface area contributed by atoms with E-state index in [2.05, 4.69) is 21.5 Å². The molecule has 0 atom stereocenters. The topological polar surface area (TPSA) is 56.7 Å². The van der Waals surface area contributed by atoms with Gasteiger partial charge >= 0.3 is 0 Å². The van der Waals surface area contributed by atoms with Crippen LogP contribution in [0.3, 0.4) is 0 Å². The Balaban J connectivity index is 2.26. The first-order valence-electron chi connectivity index (χ1n) is 4.86. The molecular weight excluding hydrogens is 188 g/mol. The van der Waals surface area contributed by atoms with Crippen LogP contribution in [0.2, 0.25) is 0 Å². The molecule has 0 radical (unpaired) electrons. The van der Waals surface area contributed by atoms with E-state index in [0.29, 0.717) is 5.82 Å². The van der Waals surface area contributed by atoms with Gasteiger partial charge in [-0.2, -0.15) is 0 Å². The van der Waals surface area contributed by atoms with Crippen molar-refractivity contribution < 1.29 is 0 Å². The van der Waals surface area contributed by atoms with Gasteiger partial charge in [0.25, 0.3) is 0 Å². The Labute approximate surface area is 88.8 Å². The van der Waals surface area contributed by atoms with Crippen LogP contribution in [0, 0.1) is 13.8 Å². The summed E-state index contributed by atoms with van der Waals surface area (Å²) in [5, 5.41) is 0. The van der Waals surface area contributed by atoms with Crippen molar-refractivity contribution >= 4 is 5.82 Å². The summed E-state index contributed by atoms with van der Waals surface area (Å²) in [6.07, 6.45) is 1.83. The maximum atomic E-state index is 5.62. The number of hydrogen-bond donors (Lipinski definition) is 1. The van der Waals surface area contributed by atoms with Crippen molar-refractivity contribution in [3.63, 3.8) is 0 Å². The van der Waals surface area contributed by atoms with Crippen molar-refractivity contribution in [2.45, 2.75) is 20.4 Å². The van der Waals surface area contributed by atoms with E-state index in [0.717, 1.165) is 17.9 Å². The first kappa shape index (κ1) is 9.71. The van der Waals surface area contributed by atoms with E-state index in [4.69, 9.17) is 5.73 Å². The van der Waals surface area contributed by atoms with Gasteiger partial charge in [-0.05, 0) is 26.0 Å². The second-order valence-electron chi connectivity index (χ2n) is 3.60. The van der Waals surface area contributed by atoms with Crippen LogP contribution < -0.4 is 5.73 Å². The average molecular weight is 202 g/mol. The van der Waals surface area contributed by atoms with Crippen LogP contribution in [0.4, 0.5) is 5.82 Å². The van der Waals surface area contributed by atoms with E-state index in [-0.39, 0.29) is 0 Å². The number of pyridine rings is 1. The van der Waals surface area contributed by atoms with Gasteiger partial charge in [-0.1, -0.05) is 6.07 Å². The highest BCUT2D eigenvalue weighted by Crippen LogP contribution is 2.08. The molecule has 4 heteroatoms. The molecule has 2 heterocycles. The Bertz CT molecular complexity index is 473. The van der Waals surface area contributed by atoms with Gasteiger partial charge in [0.2, 0.25) is 0 Å². The Morgan fingerprint density at radius 2 is 2.13 bits per heavy atom. The summed E-state index contributed by atoms with van der Waals surface area (Å²) >= 11 is 0. The number of hydrogen-bond acceptors (Lipinski definition) is 3. The van der Waals surface area contributed by atoms with Crippen LogP contribution in [0.25, 0.3) is 0 Å². The average Bonchev–Trinajstić information content (AvgIpc) is 2.50. The normalized spacial score (nSPS) is 10.5. The molecule has 2 aromatic heterocycles. The van der Waals surface area contributed by atoms with Crippen molar-refractivity contribution in [2.24, 2.45) is 0 Å². The summed E-state index contributed by atoms with van der Waals surface area (Å²) in [4.78, 5) is 8.49. The SMILES string of the molecule is Cc1ncn(Cc2cccc(N)n2)c1C. The number of anilines is 1. The fourth-order valence-corrected chi connectivity index (χ4v) is 1.46. The minimum absolute atomic E-state index is 0.557. The lowest BCUT2D eigenvalue weighted by Gasteiger charge is -2.05. The zero-order valence-corrected chi connectivity index (χ0v) is 8.94. The lowest BCUT2D eigenvalue weighted by molar-refractivity contribution is 0.749. The molecule has 0 amide bonds. The molecule has 0 spiro atoms. The first-order valence-corrected chi connectivity index (χ1v) is 4.86. The lowest BCUT2D eigenvalue weighted by atomic mass is 10.3. The van der Waals surface area contributed by atoms with Crippen LogP contribution in [0.5, 0.6) is 0 Å². The van der Waals surface area contributed by atoms with Crippen molar-refractivity contribution in [1.29, 1.82) is 0 Å². The quantitative estimate of drug-likeness (QED) is 0.803. The Hall–Kier alpha value is -1.84. The van der Waals surface area contributed by atoms with Gasteiger partial charge in [0, 0.05) is 5.69 Å². The molecule has 0 saturated heterocycles. The van der Waals surface area contributed by atoms with E-state index >= 15 is 0 Å². The number of nitrogens with zero attached hydrogens (tertiary/aromatic N) is 3. The van der Waals surface area contributed by atoms with E-state index in [1.165, 1.54) is 5.69 Å². The predicted molar refractivity (Wildman–Crippen MR) is 59.5 cm³/mol. The molecule has 78 valence electrons. The summed E-state index contributed by atoms with van der Waals surface area (Å²) in [7, 11) is 0. The molecule has 2 aromatic rings. The van der Waals surface area contributed by atoms with Gasteiger partial charge in [-0.15, -0.1) is 0 Å². The second kappa shape index (κ2) is 3.73. The number of nitrogen functional groups attached to an aromatic ring is 1. The van der Waals surface area contributed by atoms with Crippen LogP contribution >= 0.6 is 0 Å². The van der Waals surface area contributed by atoms with E-state index in [9.17, 15) is 0 Å². The molecule has 0 bridgehead atoms. The minimum atomic E-state index is 0.557. The third-order valence-electron chi connectivity index (χ3n) is 2.51. The molecule has 15 heavy (non-hydrogen) atoms. The number of rotatable bonds is 2. The third kappa shape index (κ3) is 1.98. The summed E-state index contributed by atoms with van der Waals surface area (Å²) in [6, 6.07) is 5.66. The lowest BCUT2D eigenvalue weighted by Crippen LogP contribution is -2.03. The highest BCUT2D eigenvalue weighted by atomic mass is 15.1. The van der Waals surface area contributed by atoms with Crippen LogP contribution in [-0.2, 0) is 6.54 Å². The highest BCUT2D eigenvalue weighted by Gasteiger charge is 2.03. The summed E-state index contributed by atoms with van der Waals surface area (Å²) in [6.45, 7) is 4.77. The zero-order chi connectivity index (χ0) is 10.8. The molecule has 0 aromatic carbocycles. The first-order chi connectivity index (χ1) is 7.16. The second-order valence-corrected chi connectivity index (χ2v) is 3.60. The number of aryl methyl sites for hydroxylation is 1. The van der Waals surface area contributed by atoms with Crippen LogP contribution in [-0.4, -0.2) is 14.5 Å². The summed E-state index contributed by atoms with van der Waals surface area (Å²) in [5.41, 5.74) is 8.79. The molecule has 0 unspecified atom stereocenters. The number of imidazole rings is 1. The maximum absolute atomic E-state index is 5.62. The third-order valence-corrected chi connectivity index (χ3v) is 2.51. The van der Waals surface area contributed by atoms with Gasteiger partial charge in [0.05, 0.1) is 24.3 Å². The molecule has 4 nitrogen and oxygen atoms in total. The summed E-state index contributed by atoms with van der Waals surface area (Å²) in [5.74, 6) is 0.557. The van der Waals surface area contributed by atoms with Crippen molar-refractivity contribution in [1.82, 2.24) is 14.5 Å². The predicted octanol–water partition coefficient (Wildman–Crippen LogP) is 1.53. The van der Waals surface area contributed by atoms with E-state index in [1.807, 2.05) is 25.4 Å². The minimum Gasteiger partial charge on any atom is -0.384 e. The molecule has 0 aliphatic carbocycles. The van der Waals surface area contributed by atoms with Gasteiger partial charge in [0.1, 0.15) is 5.82 Å².